The van der Waals surface area contributed by atoms with Gasteiger partial charge in [0.25, 0.3) is 0 Å². The van der Waals surface area contributed by atoms with Gasteiger partial charge in [-0.2, -0.15) is 0 Å². The summed E-state index contributed by atoms with van der Waals surface area (Å²) in [6.07, 6.45) is 0.794. The molecule has 0 fully saturated rings. The average molecular weight is 233 g/mol. The number of aromatic nitrogens is 1. The number of rotatable bonds is 5. The van der Waals surface area contributed by atoms with Crippen LogP contribution in [0.15, 0.2) is 24.3 Å². The molecule has 0 aliphatic rings. The van der Waals surface area contributed by atoms with E-state index >= 15 is 0 Å². The topological polar surface area (TPSA) is 62.3 Å². The zero-order valence-corrected chi connectivity index (χ0v) is 9.69. The van der Waals surface area contributed by atoms with Gasteiger partial charge in [0.15, 0.2) is 0 Å². The lowest BCUT2D eigenvalue weighted by Crippen LogP contribution is -1.97. The molecule has 0 saturated carbocycles. The van der Waals surface area contributed by atoms with E-state index in [1.165, 1.54) is 0 Å². The number of H-pyrrole nitrogens is 1. The molecule has 0 spiro atoms. The zero-order valence-electron chi connectivity index (χ0n) is 9.69. The maximum Gasteiger partial charge on any atom is 0.352 e. The molecule has 0 saturated heterocycles. The summed E-state index contributed by atoms with van der Waals surface area (Å²) < 4.78 is 5.31. The molecule has 2 aromatic rings. The predicted molar refractivity (Wildman–Crippen MR) is 65.5 cm³/mol. The Labute approximate surface area is 99.2 Å². The van der Waals surface area contributed by atoms with Gasteiger partial charge in [-0.3, -0.25) is 0 Å². The van der Waals surface area contributed by atoms with Crippen LogP contribution in [-0.2, 0) is 11.2 Å². The Kier molecular flexibility index (Phi) is 3.44. The van der Waals surface area contributed by atoms with Crippen LogP contribution in [0.2, 0.25) is 0 Å². The van der Waals surface area contributed by atoms with Crippen molar-refractivity contribution in [1.29, 1.82) is 0 Å². The van der Waals surface area contributed by atoms with Gasteiger partial charge < -0.3 is 14.8 Å². The van der Waals surface area contributed by atoms with Gasteiger partial charge in [0, 0.05) is 17.5 Å². The number of carboxylic acid groups (broad SMARTS) is 1. The summed E-state index contributed by atoms with van der Waals surface area (Å²) >= 11 is 0. The fourth-order valence-electron chi connectivity index (χ4n) is 1.88. The van der Waals surface area contributed by atoms with Crippen molar-refractivity contribution in [2.24, 2.45) is 0 Å². The smallest absolute Gasteiger partial charge is 0.352 e. The highest BCUT2D eigenvalue weighted by Gasteiger charge is 2.09. The quantitative estimate of drug-likeness (QED) is 0.780. The molecule has 0 radical (unpaired) electrons. The van der Waals surface area contributed by atoms with E-state index in [0.717, 1.165) is 22.9 Å². The second-order valence-corrected chi connectivity index (χ2v) is 3.81. The van der Waals surface area contributed by atoms with Gasteiger partial charge >= 0.3 is 5.97 Å². The molecule has 0 atom stereocenters. The van der Waals surface area contributed by atoms with E-state index in [2.05, 4.69) is 4.98 Å². The fraction of sp³-hybridized carbons (Fsp3) is 0.308. The molecule has 1 heterocycles. The summed E-state index contributed by atoms with van der Waals surface area (Å²) in [4.78, 5) is 13.8. The highest BCUT2D eigenvalue weighted by Crippen LogP contribution is 2.20. The van der Waals surface area contributed by atoms with Crippen LogP contribution in [-0.4, -0.2) is 29.3 Å². The molecular weight excluding hydrogens is 218 g/mol. The summed E-state index contributed by atoms with van der Waals surface area (Å²) in [5, 5.41) is 9.90. The molecule has 17 heavy (non-hydrogen) atoms. The van der Waals surface area contributed by atoms with Crippen molar-refractivity contribution in [2.45, 2.75) is 13.3 Å². The first-order valence-corrected chi connectivity index (χ1v) is 5.64. The van der Waals surface area contributed by atoms with Crippen LogP contribution in [0.25, 0.3) is 10.9 Å². The summed E-state index contributed by atoms with van der Waals surface area (Å²) in [6, 6.07) is 7.48. The Morgan fingerprint density at radius 3 is 3.00 bits per heavy atom. The van der Waals surface area contributed by atoms with E-state index < -0.39 is 5.97 Å². The van der Waals surface area contributed by atoms with Crippen LogP contribution >= 0.6 is 0 Å². The van der Waals surface area contributed by atoms with E-state index in [1.807, 2.05) is 25.1 Å². The van der Waals surface area contributed by atoms with Gasteiger partial charge in [-0.15, -0.1) is 0 Å². The molecule has 0 aliphatic carbocycles. The molecule has 1 aromatic heterocycles. The van der Waals surface area contributed by atoms with E-state index in [1.54, 1.807) is 6.07 Å². The van der Waals surface area contributed by atoms with Gasteiger partial charge in [0.2, 0.25) is 0 Å². The summed E-state index contributed by atoms with van der Waals surface area (Å²) in [5.41, 5.74) is 2.19. The van der Waals surface area contributed by atoms with Crippen molar-refractivity contribution in [2.75, 3.05) is 13.2 Å². The van der Waals surface area contributed by atoms with Gasteiger partial charge in [0.05, 0.1) is 6.61 Å². The monoisotopic (exact) mass is 233 g/mol. The Bertz CT molecular complexity index is 530. The highest BCUT2D eigenvalue weighted by atomic mass is 16.5. The van der Waals surface area contributed by atoms with E-state index in [-0.39, 0.29) is 5.69 Å². The van der Waals surface area contributed by atoms with E-state index in [4.69, 9.17) is 9.84 Å². The minimum atomic E-state index is -0.933. The molecular formula is C13H15NO3. The second-order valence-electron chi connectivity index (χ2n) is 3.81. The Hall–Kier alpha value is -1.81. The van der Waals surface area contributed by atoms with E-state index in [0.29, 0.717) is 13.2 Å². The van der Waals surface area contributed by atoms with Gasteiger partial charge in [-0.25, -0.2) is 4.79 Å². The highest BCUT2D eigenvalue weighted by molar-refractivity contribution is 5.95. The maximum atomic E-state index is 10.9. The molecule has 2 rings (SSSR count). The van der Waals surface area contributed by atoms with Crippen molar-refractivity contribution >= 4 is 16.9 Å². The number of ether oxygens (including phenoxy) is 1. The predicted octanol–water partition coefficient (Wildman–Crippen LogP) is 2.45. The van der Waals surface area contributed by atoms with Crippen molar-refractivity contribution in [3.05, 3.63) is 35.5 Å². The fourth-order valence-corrected chi connectivity index (χ4v) is 1.88. The molecule has 1 aromatic carbocycles. The number of aromatic amines is 1. The van der Waals surface area contributed by atoms with Crippen molar-refractivity contribution < 1.29 is 14.6 Å². The third-order valence-electron chi connectivity index (χ3n) is 2.70. The second kappa shape index (κ2) is 5.01. The zero-order chi connectivity index (χ0) is 12.3. The van der Waals surface area contributed by atoms with Crippen LogP contribution in [0.3, 0.4) is 0 Å². The first-order valence-electron chi connectivity index (χ1n) is 5.64. The van der Waals surface area contributed by atoms with Crippen molar-refractivity contribution in [3.63, 3.8) is 0 Å². The molecule has 4 nitrogen and oxygen atoms in total. The Morgan fingerprint density at radius 2 is 2.29 bits per heavy atom. The maximum absolute atomic E-state index is 10.9. The van der Waals surface area contributed by atoms with E-state index in [9.17, 15) is 4.79 Å². The first-order chi connectivity index (χ1) is 8.22. The summed E-state index contributed by atoms with van der Waals surface area (Å²) in [6.45, 7) is 3.31. The SMILES string of the molecule is CCOCCc1cccc2[nH]c(C(=O)O)cc12. The third kappa shape index (κ3) is 2.47. The Balaban J connectivity index is 2.32. The van der Waals surface area contributed by atoms with Crippen LogP contribution in [0, 0.1) is 0 Å². The number of benzene rings is 1. The minimum Gasteiger partial charge on any atom is -0.477 e. The molecule has 0 unspecified atom stereocenters. The lowest BCUT2D eigenvalue weighted by Gasteiger charge is -2.03. The third-order valence-corrected chi connectivity index (χ3v) is 2.70. The number of nitrogens with one attached hydrogen (secondary N) is 1. The van der Waals surface area contributed by atoms with Crippen LogP contribution < -0.4 is 0 Å². The van der Waals surface area contributed by atoms with Gasteiger partial charge in [0.1, 0.15) is 5.69 Å². The summed E-state index contributed by atoms with van der Waals surface area (Å²) in [7, 11) is 0. The average Bonchev–Trinajstić information content (AvgIpc) is 2.74. The first kappa shape index (κ1) is 11.7. The number of aromatic carboxylic acids is 1. The molecule has 2 N–H and O–H groups in total. The number of hydrogen-bond donors (Lipinski definition) is 2. The molecule has 0 bridgehead atoms. The molecule has 0 aliphatic heterocycles. The lowest BCUT2D eigenvalue weighted by molar-refractivity contribution is 0.0691. The number of fused-ring (bicyclic) bond motifs is 1. The van der Waals surface area contributed by atoms with Crippen molar-refractivity contribution in [1.82, 2.24) is 4.98 Å². The lowest BCUT2D eigenvalue weighted by atomic mass is 10.1. The molecule has 4 heteroatoms. The van der Waals surface area contributed by atoms with Crippen LogP contribution in [0.4, 0.5) is 0 Å². The number of carboxylic acids is 1. The Morgan fingerprint density at radius 1 is 1.47 bits per heavy atom. The minimum absolute atomic E-state index is 0.226. The molecule has 90 valence electrons. The van der Waals surface area contributed by atoms with Crippen LogP contribution in [0.5, 0.6) is 0 Å². The van der Waals surface area contributed by atoms with Gasteiger partial charge in [-0.05, 0) is 31.0 Å². The van der Waals surface area contributed by atoms with Crippen LogP contribution in [0.1, 0.15) is 23.0 Å². The number of carbonyl (C=O) groups is 1. The summed E-state index contributed by atoms with van der Waals surface area (Å²) in [5.74, 6) is -0.933. The van der Waals surface area contributed by atoms with Crippen molar-refractivity contribution in [3.8, 4) is 0 Å². The number of hydrogen-bond acceptors (Lipinski definition) is 2. The molecule has 0 amide bonds. The largest absolute Gasteiger partial charge is 0.477 e. The standard InChI is InChI=1S/C13H15NO3/c1-2-17-7-6-9-4-3-5-11-10(9)8-12(14-11)13(15)16/h3-5,8,14H,2,6-7H2,1H3,(H,15,16). The van der Waals surface area contributed by atoms with Gasteiger partial charge in [-0.1, -0.05) is 12.1 Å². The normalized spacial score (nSPS) is 10.9.